The van der Waals surface area contributed by atoms with E-state index in [1.807, 2.05) is 38.1 Å². The molecule has 0 saturated carbocycles. The molecule has 2 amide bonds. The van der Waals surface area contributed by atoms with Gasteiger partial charge in [0.15, 0.2) is 0 Å². The monoisotopic (exact) mass is 443 g/mol. The van der Waals surface area contributed by atoms with Crippen molar-refractivity contribution in [2.45, 2.75) is 13.8 Å². The lowest BCUT2D eigenvalue weighted by Gasteiger charge is -2.11. The molecule has 2 aromatic heterocycles. The smallest absolute Gasteiger partial charge is 0.323 e. The summed E-state index contributed by atoms with van der Waals surface area (Å²) in [6.07, 6.45) is 1.74. The molecule has 2 heterocycles. The van der Waals surface area contributed by atoms with Crippen molar-refractivity contribution in [3.8, 4) is 0 Å². The quantitative estimate of drug-likeness (QED) is 0.302. The summed E-state index contributed by atoms with van der Waals surface area (Å²) in [5.41, 5.74) is 2.98. The third kappa shape index (κ3) is 6.23. The molecule has 0 aliphatic rings. The number of rotatable bonds is 6. The van der Waals surface area contributed by atoms with Crippen LogP contribution in [0.3, 0.4) is 0 Å². The zero-order valence-corrected chi connectivity index (χ0v) is 18.1. The number of carbonyl (C=O) groups excluding carboxylic acids is 1. The van der Waals surface area contributed by atoms with Crippen LogP contribution in [-0.2, 0) is 0 Å². The number of nitrogens with one attached hydrogen (secondary N) is 4. The van der Waals surface area contributed by atoms with E-state index in [1.165, 1.54) is 24.3 Å². The van der Waals surface area contributed by atoms with Crippen LogP contribution in [0.15, 0.2) is 72.9 Å². The predicted octanol–water partition coefficient (Wildman–Crippen LogP) is 5.76. The van der Waals surface area contributed by atoms with E-state index in [0.717, 1.165) is 11.3 Å². The number of anilines is 6. The molecular weight excluding hydrogens is 421 g/mol. The Balaban J connectivity index is 1.38. The SMILES string of the molecule is Cc1ccnc(Nc2cc(Nc3ccc(NC(=O)Nc4ccc(F)cc4)cc3)nc(C)n2)c1. The number of carbonyl (C=O) groups is 1. The van der Waals surface area contributed by atoms with Crippen LogP contribution in [0.2, 0.25) is 0 Å². The van der Waals surface area contributed by atoms with E-state index in [9.17, 15) is 9.18 Å². The minimum Gasteiger partial charge on any atom is -0.340 e. The summed E-state index contributed by atoms with van der Waals surface area (Å²) in [7, 11) is 0. The van der Waals surface area contributed by atoms with Crippen LogP contribution in [0.25, 0.3) is 0 Å². The van der Waals surface area contributed by atoms with Crippen LogP contribution in [0.4, 0.5) is 43.7 Å². The average Bonchev–Trinajstić information content (AvgIpc) is 2.76. The van der Waals surface area contributed by atoms with E-state index in [-0.39, 0.29) is 5.82 Å². The number of aromatic nitrogens is 3. The van der Waals surface area contributed by atoms with Gasteiger partial charge >= 0.3 is 6.03 Å². The third-order valence-electron chi connectivity index (χ3n) is 4.53. The predicted molar refractivity (Wildman–Crippen MR) is 128 cm³/mol. The zero-order valence-electron chi connectivity index (χ0n) is 18.1. The Morgan fingerprint density at radius 2 is 1.30 bits per heavy atom. The van der Waals surface area contributed by atoms with Crippen LogP contribution < -0.4 is 21.3 Å². The van der Waals surface area contributed by atoms with Crippen molar-refractivity contribution < 1.29 is 9.18 Å². The number of urea groups is 1. The highest BCUT2D eigenvalue weighted by Gasteiger charge is 2.06. The van der Waals surface area contributed by atoms with Gasteiger partial charge < -0.3 is 21.3 Å². The lowest BCUT2D eigenvalue weighted by Crippen LogP contribution is -2.19. The maximum Gasteiger partial charge on any atom is 0.323 e. The van der Waals surface area contributed by atoms with E-state index in [0.29, 0.717) is 34.7 Å². The maximum atomic E-state index is 13.0. The first-order valence-electron chi connectivity index (χ1n) is 10.2. The van der Waals surface area contributed by atoms with E-state index in [2.05, 4.69) is 36.2 Å². The van der Waals surface area contributed by atoms with Gasteiger partial charge in [0, 0.05) is 29.3 Å². The Morgan fingerprint density at radius 1 is 0.727 bits per heavy atom. The molecule has 0 aliphatic carbocycles. The van der Waals surface area contributed by atoms with Crippen LogP contribution in [0, 0.1) is 19.7 Å². The number of nitrogens with zero attached hydrogens (tertiary/aromatic N) is 3. The van der Waals surface area contributed by atoms with Crippen LogP contribution >= 0.6 is 0 Å². The van der Waals surface area contributed by atoms with Gasteiger partial charge in [0.2, 0.25) is 0 Å². The fourth-order valence-corrected chi connectivity index (χ4v) is 3.04. The number of halogens is 1. The molecule has 4 aromatic rings. The Kier molecular flexibility index (Phi) is 6.40. The second-order valence-corrected chi connectivity index (χ2v) is 7.32. The molecule has 4 N–H and O–H groups in total. The molecule has 4 rings (SSSR count). The molecule has 0 fully saturated rings. The van der Waals surface area contributed by atoms with Crippen molar-refractivity contribution in [1.82, 2.24) is 15.0 Å². The molecule has 0 bridgehead atoms. The summed E-state index contributed by atoms with van der Waals surface area (Å²) in [5.74, 6) is 2.18. The second-order valence-electron chi connectivity index (χ2n) is 7.32. The topological polar surface area (TPSA) is 104 Å². The van der Waals surface area contributed by atoms with E-state index in [4.69, 9.17) is 0 Å². The molecule has 0 atom stereocenters. The van der Waals surface area contributed by atoms with Gasteiger partial charge in [0.1, 0.15) is 29.1 Å². The number of pyridine rings is 1. The fourth-order valence-electron chi connectivity index (χ4n) is 3.04. The van der Waals surface area contributed by atoms with E-state index < -0.39 is 6.03 Å². The van der Waals surface area contributed by atoms with Crippen molar-refractivity contribution in [1.29, 1.82) is 0 Å². The molecule has 0 aliphatic heterocycles. The van der Waals surface area contributed by atoms with Gasteiger partial charge in [0.25, 0.3) is 0 Å². The minimum atomic E-state index is -0.422. The number of amides is 2. The fraction of sp³-hybridized carbons (Fsp3) is 0.0833. The molecule has 0 unspecified atom stereocenters. The lowest BCUT2D eigenvalue weighted by molar-refractivity contribution is 0.262. The van der Waals surface area contributed by atoms with Gasteiger partial charge in [0.05, 0.1) is 0 Å². The Bertz CT molecular complexity index is 1260. The number of benzene rings is 2. The summed E-state index contributed by atoms with van der Waals surface area (Å²) >= 11 is 0. The molecule has 0 radical (unpaired) electrons. The highest BCUT2D eigenvalue weighted by Crippen LogP contribution is 2.21. The molecule has 8 nitrogen and oxygen atoms in total. The van der Waals surface area contributed by atoms with Crippen molar-refractivity contribution in [3.05, 3.63) is 90.1 Å². The molecule has 9 heteroatoms. The number of hydrogen-bond acceptors (Lipinski definition) is 6. The second kappa shape index (κ2) is 9.73. The summed E-state index contributed by atoms with van der Waals surface area (Å²) in [6.45, 7) is 3.81. The van der Waals surface area contributed by atoms with Crippen LogP contribution in [0.5, 0.6) is 0 Å². The van der Waals surface area contributed by atoms with Gasteiger partial charge in [-0.3, -0.25) is 0 Å². The van der Waals surface area contributed by atoms with Gasteiger partial charge in [-0.1, -0.05) is 0 Å². The van der Waals surface area contributed by atoms with E-state index >= 15 is 0 Å². The standard InChI is InChI=1S/C24H22FN7O/c1-15-11-12-26-21(13-15)32-23-14-22(27-16(2)28-23)29-18-7-9-20(10-8-18)31-24(33)30-19-5-3-17(25)4-6-19/h3-14H,1-2H3,(H2,30,31,33)(H2,26,27,28,29,32). The normalized spacial score (nSPS) is 10.4. The van der Waals surface area contributed by atoms with Gasteiger partial charge in [-0.05, 0) is 80.1 Å². The highest BCUT2D eigenvalue weighted by molar-refractivity contribution is 5.99. The third-order valence-corrected chi connectivity index (χ3v) is 4.53. The molecule has 2 aromatic carbocycles. The van der Waals surface area contributed by atoms with Crippen molar-refractivity contribution in [3.63, 3.8) is 0 Å². The largest absolute Gasteiger partial charge is 0.340 e. The number of hydrogen-bond donors (Lipinski definition) is 4. The number of aryl methyl sites for hydroxylation is 2. The molecule has 0 spiro atoms. The van der Waals surface area contributed by atoms with Gasteiger partial charge in [-0.15, -0.1) is 0 Å². The molecule has 0 saturated heterocycles. The van der Waals surface area contributed by atoms with Crippen molar-refractivity contribution >= 4 is 40.5 Å². The molecule has 166 valence electrons. The van der Waals surface area contributed by atoms with Crippen molar-refractivity contribution in [2.24, 2.45) is 0 Å². The van der Waals surface area contributed by atoms with Gasteiger partial charge in [-0.25, -0.2) is 24.1 Å². The summed E-state index contributed by atoms with van der Waals surface area (Å²) < 4.78 is 13.0. The first-order chi connectivity index (χ1) is 15.9. The zero-order chi connectivity index (χ0) is 23.2. The summed E-state index contributed by atoms with van der Waals surface area (Å²) in [5, 5.41) is 11.8. The first-order valence-corrected chi connectivity index (χ1v) is 10.2. The lowest BCUT2D eigenvalue weighted by atomic mass is 10.2. The molecule has 33 heavy (non-hydrogen) atoms. The Hall–Kier alpha value is -4.53. The van der Waals surface area contributed by atoms with Crippen LogP contribution in [0.1, 0.15) is 11.4 Å². The Morgan fingerprint density at radius 3 is 1.94 bits per heavy atom. The summed E-state index contributed by atoms with van der Waals surface area (Å²) in [4.78, 5) is 25.3. The van der Waals surface area contributed by atoms with Crippen LogP contribution in [-0.4, -0.2) is 21.0 Å². The summed E-state index contributed by atoms with van der Waals surface area (Å²) in [6, 6.07) is 17.9. The minimum absolute atomic E-state index is 0.363. The maximum absolute atomic E-state index is 13.0. The average molecular weight is 443 g/mol. The highest BCUT2D eigenvalue weighted by atomic mass is 19.1. The Labute approximate surface area is 190 Å². The first kappa shape index (κ1) is 21.7. The van der Waals surface area contributed by atoms with Gasteiger partial charge in [-0.2, -0.15) is 0 Å². The van der Waals surface area contributed by atoms with E-state index in [1.54, 1.807) is 24.4 Å². The molecular formula is C24H22FN7O. The van der Waals surface area contributed by atoms with Crippen molar-refractivity contribution in [2.75, 3.05) is 21.3 Å².